The SMILES string of the molecule is CC1CCCCCN1C(=O)c1cc(N(C)C2CCCCC2)n2nc(-c3ccc(NC(=O)C4CC4)cc3)cc2n1. The normalized spacial score (nSPS) is 20.6. The molecule has 206 valence electrons. The molecule has 1 aliphatic heterocycles. The van der Waals surface area contributed by atoms with E-state index in [0.717, 1.165) is 67.8 Å². The molecule has 1 N–H and O–H groups in total. The first-order chi connectivity index (χ1) is 19.0. The summed E-state index contributed by atoms with van der Waals surface area (Å²) in [4.78, 5) is 35.1. The standard InChI is InChI=1S/C31H40N6O2/c1-21-9-5-4-8-18-36(21)31(39)27-20-29(35(2)25-10-6-3-7-11-25)37-28(33-27)19-26(34-37)22-14-16-24(17-15-22)32-30(38)23-12-13-23/h14-17,19-21,23,25H,3-13,18H2,1-2H3,(H,32,38). The minimum absolute atomic E-state index is 0.0173. The summed E-state index contributed by atoms with van der Waals surface area (Å²) >= 11 is 0. The number of rotatable bonds is 6. The Morgan fingerprint density at radius 2 is 1.64 bits per heavy atom. The van der Waals surface area contributed by atoms with Gasteiger partial charge < -0.3 is 15.1 Å². The predicted octanol–water partition coefficient (Wildman–Crippen LogP) is 5.92. The van der Waals surface area contributed by atoms with Crippen LogP contribution in [0.3, 0.4) is 0 Å². The third kappa shape index (κ3) is 5.52. The molecule has 2 aliphatic carbocycles. The lowest BCUT2D eigenvalue weighted by molar-refractivity contribution is -0.117. The van der Waals surface area contributed by atoms with Gasteiger partial charge in [0.05, 0.1) is 5.69 Å². The Morgan fingerprint density at radius 3 is 2.38 bits per heavy atom. The van der Waals surface area contributed by atoms with Crippen molar-refractivity contribution in [3.05, 3.63) is 42.1 Å². The first-order valence-electron chi connectivity index (χ1n) is 14.8. The third-order valence-corrected chi connectivity index (χ3v) is 8.82. The van der Waals surface area contributed by atoms with Gasteiger partial charge in [0.2, 0.25) is 5.91 Å². The van der Waals surface area contributed by atoms with E-state index in [4.69, 9.17) is 10.1 Å². The zero-order valence-corrected chi connectivity index (χ0v) is 23.2. The fourth-order valence-electron chi connectivity index (χ4n) is 6.15. The van der Waals surface area contributed by atoms with Crippen molar-refractivity contribution in [2.75, 3.05) is 23.8 Å². The Kier molecular flexibility index (Phi) is 7.28. The Labute approximate surface area is 230 Å². The van der Waals surface area contributed by atoms with Gasteiger partial charge in [0, 0.05) is 55.0 Å². The molecule has 2 aromatic heterocycles. The number of carbonyl (C=O) groups excluding carboxylic acids is 2. The number of carbonyl (C=O) groups is 2. The Bertz CT molecular complexity index is 1340. The zero-order valence-electron chi connectivity index (χ0n) is 23.2. The van der Waals surface area contributed by atoms with E-state index in [1.165, 1.54) is 32.1 Å². The number of benzene rings is 1. The number of amides is 2. The maximum atomic E-state index is 13.8. The van der Waals surface area contributed by atoms with Crippen molar-refractivity contribution in [1.82, 2.24) is 19.5 Å². The van der Waals surface area contributed by atoms with E-state index >= 15 is 0 Å². The molecule has 0 bridgehead atoms. The van der Waals surface area contributed by atoms with Gasteiger partial charge in [0.15, 0.2) is 5.65 Å². The summed E-state index contributed by atoms with van der Waals surface area (Å²) in [6, 6.07) is 12.4. The largest absolute Gasteiger partial charge is 0.357 e. The lowest BCUT2D eigenvalue weighted by Gasteiger charge is -2.33. The van der Waals surface area contributed by atoms with E-state index in [0.29, 0.717) is 17.4 Å². The molecule has 3 aromatic rings. The number of aromatic nitrogens is 3. The molecule has 1 saturated heterocycles. The second-order valence-electron chi connectivity index (χ2n) is 11.7. The molecular formula is C31H40N6O2. The van der Waals surface area contributed by atoms with E-state index in [9.17, 15) is 9.59 Å². The number of nitrogens with zero attached hydrogens (tertiary/aromatic N) is 5. The minimum Gasteiger partial charge on any atom is -0.357 e. The number of hydrogen-bond donors (Lipinski definition) is 1. The minimum atomic E-state index is 0.0173. The lowest BCUT2D eigenvalue weighted by Crippen LogP contribution is -2.39. The fraction of sp³-hybridized carbons (Fsp3) is 0.548. The summed E-state index contributed by atoms with van der Waals surface area (Å²) in [6.45, 7) is 2.94. The zero-order chi connectivity index (χ0) is 26.9. The summed E-state index contributed by atoms with van der Waals surface area (Å²) < 4.78 is 1.90. The van der Waals surface area contributed by atoms with Gasteiger partial charge in [0.1, 0.15) is 11.5 Å². The smallest absolute Gasteiger partial charge is 0.272 e. The van der Waals surface area contributed by atoms with Crippen molar-refractivity contribution in [2.24, 2.45) is 5.92 Å². The third-order valence-electron chi connectivity index (χ3n) is 8.82. The summed E-state index contributed by atoms with van der Waals surface area (Å²) in [5.74, 6) is 1.20. The molecule has 2 amide bonds. The molecule has 6 rings (SSSR count). The molecule has 3 aliphatic rings. The highest BCUT2D eigenvalue weighted by Gasteiger charge is 2.30. The molecule has 2 saturated carbocycles. The van der Waals surface area contributed by atoms with Crippen molar-refractivity contribution in [2.45, 2.75) is 89.6 Å². The predicted molar refractivity (Wildman–Crippen MR) is 154 cm³/mol. The van der Waals surface area contributed by atoms with Crippen LogP contribution in [0.25, 0.3) is 16.9 Å². The number of likely N-dealkylation sites (tertiary alicyclic amines) is 1. The lowest BCUT2D eigenvalue weighted by atomic mass is 9.94. The first-order valence-corrected chi connectivity index (χ1v) is 14.8. The molecule has 3 heterocycles. The first kappa shape index (κ1) is 25.8. The van der Waals surface area contributed by atoms with E-state index in [1.54, 1.807) is 0 Å². The Hall–Kier alpha value is -3.42. The molecule has 1 unspecified atom stereocenters. The number of anilines is 2. The number of nitrogens with one attached hydrogen (secondary N) is 1. The van der Waals surface area contributed by atoms with Gasteiger partial charge in [-0.25, -0.2) is 4.98 Å². The van der Waals surface area contributed by atoms with Gasteiger partial charge in [0.25, 0.3) is 5.91 Å². The molecule has 3 fully saturated rings. The average Bonchev–Trinajstić information content (AvgIpc) is 3.76. The average molecular weight is 529 g/mol. The van der Waals surface area contributed by atoms with E-state index < -0.39 is 0 Å². The van der Waals surface area contributed by atoms with Crippen LogP contribution in [-0.2, 0) is 4.79 Å². The van der Waals surface area contributed by atoms with Crippen molar-refractivity contribution in [3.63, 3.8) is 0 Å². The van der Waals surface area contributed by atoms with Gasteiger partial charge in [-0.15, -0.1) is 0 Å². The van der Waals surface area contributed by atoms with Crippen molar-refractivity contribution >= 4 is 29.0 Å². The molecule has 1 aromatic carbocycles. The summed E-state index contributed by atoms with van der Waals surface area (Å²) in [5, 5.41) is 7.97. The van der Waals surface area contributed by atoms with Crippen LogP contribution in [0.15, 0.2) is 36.4 Å². The van der Waals surface area contributed by atoms with Crippen molar-refractivity contribution in [1.29, 1.82) is 0 Å². The Balaban J connectivity index is 1.35. The maximum Gasteiger partial charge on any atom is 0.272 e. The van der Waals surface area contributed by atoms with Gasteiger partial charge in [-0.1, -0.05) is 44.2 Å². The van der Waals surface area contributed by atoms with Gasteiger partial charge in [-0.2, -0.15) is 9.61 Å². The van der Waals surface area contributed by atoms with Crippen molar-refractivity contribution in [3.8, 4) is 11.3 Å². The van der Waals surface area contributed by atoms with Crippen LogP contribution in [0, 0.1) is 5.92 Å². The van der Waals surface area contributed by atoms with Crippen LogP contribution in [0.5, 0.6) is 0 Å². The highest BCUT2D eigenvalue weighted by Crippen LogP contribution is 2.32. The van der Waals surface area contributed by atoms with E-state index in [-0.39, 0.29) is 23.8 Å². The Morgan fingerprint density at radius 1 is 0.923 bits per heavy atom. The highest BCUT2D eigenvalue weighted by molar-refractivity contribution is 5.95. The van der Waals surface area contributed by atoms with Gasteiger partial charge in [-0.05, 0) is 57.6 Å². The second-order valence-corrected chi connectivity index (χ2v) is 11.7. The van der Waals surface area contributed by atoms with Crippen LogP contribution in [0.4, 0.5) is 11.5 Å². The van der Waals surface area contributed by atoms with Crippen LogP contribution in [0.2, 0.25) is 0 Å². The fourth-order valence-corrected chi connectivity index (χ4v) is 6.15. The van der Waals surface area contributed by atoms with Crippen LogP contribution in [-0.4, -0.2) is 57.0 Å². The quantitative estimate of drug-likeness (QED) is 0.430. The van der Waals surface area contributed by atoms with Gasteiger partial charge >= 0.3 is 0 Å². The molecule has 0 radical (unpaired) electrons. The summed E-state index contributed by atoms with van der Waals surface area (Å²) in [5.41, 5.74) is 3.73. The van der Waals surface area contributed by atoms with E-state index in [2.05, 4.69) is 24.2 Å². The molecule has 39 heavy (non-hydrogen) atoms. The monoisotopic (exact) mass is 528 g/mol. The molecular weight excluding hydrogens is 488 g/mol. The van der Waals surface area contributed by atoms with Gasteiger partial charge in [-0.3, -0.25) is 9.59 Å². The summed E-state index contributed by atoms with van der Waals surface area (Å²) in [6.07, 6.45) is 12.4. The molecule has 8 nitrogen and oxygen atoms in total. The van der Waals surface area contributed by atoms with E-state index in [1.807, 2.05) is 45.8 Å². The molecule has 0 spiro atoms. The topological polar surface area (TPSA) is 82.8 Å². The van der Waals surface area contributed by atoms with Crippen molar-refractivity contribution < 1.29 is 9.59 Å². The van der Waals surface area contributed by atoms with Crippen LogP contribution < -0.4 is 10.2 Å². The second kappa shape index (κ2) is 11.0. The summed E-state index contributed by atoms with van der Waals surface area (Å²) in [7, 11) is 2.13. The number of fused-ring (bicyclic) bond motifs is 1. The molecule has 1 atom stereocenters. The highest BCUT2D eigenvalue weighted by atomic mass is 16.2. The maximum absolute atomic E-state index is 13.8. The van der Waals surface area contributed by atoms with Crippen LogP contribution in [0.1, 0.15) is 88.0 Å². The molecule has 8 heteroatoms. The van der Waals surface area contributed by atoms with Crippen LogP contribution >= 0.6 is 0 Å². The number of hydrogen-bond acceptors (Lipinski definition) is 5.